The van der Waals surface area contributed by atoms with Crippen molar-refractivity contribution in [3.8, 4) is 0 Å². The third kappa shape index (κ3) is 1.23. The molecular weight excluding hydrogens is 162 g/mol. The minimum absolute atomic E-state index is 0.310. The summed E-state index contributed by atoms with van der Waals surface area (Å²) in [5.74, 6) is 1.08. The van der Waals surface area contributed by atoms with Crippen LogP contribution in [-0.2, 0) is 0 Å². The Morgan fingerprint density at radius 1 is 1.46 bits per heavy atom. The Morgan fingerprint density at radius 3 is 2.69 bits per heavy atom. The van der Waals surface area contributed by atoms with Gasteiger partial charge in [0.15, 0.2) is 0 Å². The molecule has 2 rings (SSSR count). The second-order valence-corrected chi connectivity index (χ2v) is 4.27. The first kappa shape index (κ1) is 8.63. The molecule has 3 nitrogen and oxygen atoms in total. The Kier molecular flexibility index (Phi) is 1.84. The quantitative estimate of drug-likeness (QED) is 0.738. The van der Waals surface area contributed by atoms with Crippen molar-refractivity contribution >= 4 is 0 Å². The molecule has 1 heterocycles. The van der Waals surface area contributed by atoms with Gasteiger partial charge in [0, 0.05) is 24.5 Å². The van der Waals surface area contributed by atoms with Crippen molar-refractivity contribution < 1.29 is 0 Å². The summed E-state index contributed by atoms with van der Waals surface area (Å²) in [5.41, 5.74) is 7.09. The van der Waals surface area contributed by atoms with Crippen LogP contribution < -0.4 is 5.73 Å². The Hall–Kier alpha value is -0.960. The molecule has 70 valence electrons. The smallest absolute Gasteiger partial charge is 0.0626 e. The van der Waals surface area contributed by atoms with Gasteiger partial charge in [-0.1, -0.05) is 13.8 Å². The van der Waals surface area contributed by atoms with E-state index in [2.05, 4.69) is 23.8 Å². The predicted molar refractivity (Wildman–Crippen MR) is 51.1 cm³/mol. The van der Waals surface area contributed by atoms with E-state index in [1.165, 1.54) is 0 Å². The maximum atomic E-state index is 5.69. The summed E-state index contributed by atoms with van der Waals surface area (Å²) in [7, 11) is 0. The molecular formula is C10H15N3. The number of aromatic nitrogens is 2. The van der Waals surface area contributed by atoms with Crippen LogP contribution in [0.15, 0.2) is 18.6 Å². The summed E-state index contributed by atoms with van der Waals surface area (Å²) in [6, 6.07) is 0. The molecule has 1 aromatic rings. The van der Waals surface area contributed by atoms with Crippen LogP contribution in [0.4, 0.5) is 0 Å². The highest BCUT2D eigenvalue weighted by Gasteiger charge is 2.58. The van der Waals surface area contributed by atoms with Gasteiger partial charge in [0.05, 0.1) is 5.69 Å². The maximum absolute atomic E-state index is 5.69. The average Bonchev–Trinajstić information content (AvgIpc) is 2.69. The van der Waals surface area contributed by atoms with Gasteiger partial charge in [-0.05, 0) is 17.9 Å². The first-order chi connectivity index (χ1) is 6.18. The van der Waals surface area contributed by atoms with Gasteiger partial charge in [0.1, 0.15) is 0 Å². The van der Waals surface area contributed by atoms with E-state index in [4.69, 9.17) is 5.73 Å². The predicted octanol–water partition coefficient (Wildman–Crippen LogP) is 1.17. The van der Waals surface area contributed by atoms with Crippen molar-refractivity contribution in [1.82, 2.24) is 9.97 Å². The summed E-state index contributed by atoms with van der Waals surface area (Å²) < 4.78 is 0. The number of hydrogen-bond donors (Lipinski definition) is 1. The van der Waals surface area contributed by atoms with E-state index in [1.54, 1.807) is 12.4 Å². The van der Waals surface area contributed by atoms with E-state index < -0.39 is 0 Å². The molecule has 0 aromatic carbocycles. The van der Waals surface area contributed by atoms with Crippen molar-refractivity contribution in [2.75, 3.05) is 6.54 Å². The van der Waals surface area contributed by atoms with Crippen molar-refractivity contribution in [3.63, 3.8) is 0 Å². The first-order valence-electron chi connectivity index (χ1n) is 4.64. The van der Waals surface area contributed by atoms with Crippen molar-refractivity contribution in [3.05, 3.63) is 24.3 Å². The molecule has 0 aliphatic heterocycles. The standard InChI is InChI=1S/C10H15N3/c1-10(2)7(5-11)9(10)8-6-12-3-4-13-8/h3-4,6-7,9H,5,11H2,1-2H3/t7-,9+/m0/s1. The topological polar surface area (TPSA) is 51.8 Å². The molecule has 2 N–H and O–H groups in total. The third-order valence-corrected chi connectivity index (χ3v) is 3.21. The van der Waals surface area contributed by atoms with E-state index in [-0.39, 0.29) is 0 Å². The van der Waals surface area contributed by atoms with E-state index >= 15 is 0 Å². The Bertz CT molecular complexity index is 294. The largest absolute Gasteiger partial charge is 0.330 e. The lowest BCUT2D eigenvalue weighted by molar-refractivity contribution is 0.557. The summed E-state index contributed by atoms with van der Waals surface area (Å²) in [6.45, 7) is 5.22. The van der Waals surface area contributed by atoms with Gasteiger partial charge in [-0.2, -0.15) is 0 Å². The van der Waals surface area contributed by atoms with Gasteiger partial charge in [-0.25, -0.2) is 0 Å². The van der Waals surface area contributed by atoms with Gasteiger partial charge in [-0.15, -0.1) is 0 Å². The van der Waals surface area contributed by atoms with Crippen molar-refractivity contribution in [2.24, 2.45) is 17.1 Å². The number of nitrogens with zero attached hydrogens (tertiary/aromatic N) is 2. The molecule has 1 aliphatic carbocycles. The molecule has 3 heteroatoms. The Labute approximate surface area is 78.4 Å². The molecule has 0 radical (unpaired) electrons. The highest BCUT2D eigenvalue weighted by molar-refractivity contribution is 5.24. The van der Waals surface area contributed by atoms with Gasteiger partial charge in [0.2, 0.25) is 0 Å². The molecule has 0 spiro atoms. The number of nitrogens with two attached hydrogens (primary N) is 1. The lowest BCUT2D eigenvalue weighted by Gasteiger charge is -2.00. The normalized spacial score (nSPS) is 30.1. The Balaban J connectivity index is 2.22. The maximum Gasteiger partial charge on any atom is 0.0626 e. The van der Waals surface area contributed by atoms with Gasteiger partial charge in [0.25, 0.3) is 0 Å². The summed E-state index contributed by atoms with van der Waals surface area (Å²) in [4.78, 5) is 8.39. The second kappa shape index (κ2) is 2.77. The zero-order chi connectivity index (χ0) is 9.47. The monoisotopic (exact) mass is 177 g/mol. The lowest BCUT2D eigenvalue weighted by Crippen LogP contribution is -2.05. The fraction of sp³-hybridized carbons (Fsp3) is 0.600. The number of hydrogen-bond acceptors (Lipinski definition) is 3. The van der Waals surface area contributed by atoms with Crippen LogP contribution in [0, 0.1) is 11.3 Å². The fourth-order valence-electron chi connectivity index (χ4n) is 2.24. The first-order valence-corrected chi connectivity index (χ1v) is 4.64. The van der Waals surface area contributed by atoms with E-state index in [9.17, 15) is 0 Å². The molecule has 1 saturated carbocycles. The molecule has 2 atom stereocenters. The molecule has 1 aliphatic rings. The number of rotatable bonds is 2. The fourth-order valence-corrected chi connectivity index (χ4v) is 2.24. The van der Waals surface area contributed by atoms with Gasteiger partial charge in [-0.3, -0.25) is 9.97 Å². The summed E-state index contributed by atoms with van der Waals surface area (Å²) in [6.07, 6.45) is 5.30. The zero-order valence-corrected chi connectivity index (χ0v) is 8.07. The molecule has 1 fully saturated rings. The third-order valence-electron chi connectivity index (χ3n) is 3.21. The average molecular weight is 177 g/mol. The molecule has 13 heavy (non-hydrogen) atoms. The highest BCUT2D eigenvalue weighted by Crippen LogP contribution is 2.63. The van der Waals surface area contributed by atoms with Crippen LogP contribution in [0.5, 0.6) is 0 Å². The minimum Gasteiger partial charge on any atom is -0.330 e. The molecule has 0 saturated heterocycles. The van der Waals surface area contributed by atoms with Crippen LogP contribution in [0.2, 0.25) is 0 Å². The van der Waals surface area contributed by atoms with Crippen LogP contribution >= 0.6 is 0 Å². The van der Waals surface area contributed by atoms with Crippen LogP contribution in [0.25, 0.3) is 0 Å². The van der Waals surface area contributed by atoms with Gasteiger partial charge >= 0.3 is 0 Å². The zero-order valence-electron chi connectivity index (χ0n) is 8.07. The SMILES string of the molecule is CC1(C)[C@@H](CN)[C@@H]1c1cnccn1. The summed E-state index contributed by atoms with van der Waals surface area (Å²) >= 11 is 0. The Morgan fingerprint density at radius 2 is 2.23 bits per heavy atom. The van der Waals surface area contributed by atoms with E-state index in [0.29, 0.717) is 17.3 Å². The van der Waals surface area contributed by atoms with Crippen LogP contribution in [0.1, 0.15) is 25.5 Å². The highest BCUT2D eigenvalue weighted by atomic mass is 14.8. The van der Waals surface area contributed by atoms with Crippen molar-refractivity contribution in [2.45, 2.75) is 19.8 Å². The van der Waals surface area contributed by atoms with Crippen LogP contribution in [-0.4, -0.2) is 16.5 Å². The minimum atomic E-state index is 0.310. The molecule has 0 amide bonds. The molecule has 1 aromatic heterocycles. The van der Waals surface area contributed by atoms with Gasteiger partial charge < -0.3 is 5.73 Å². The van der Waals surface area contributed by atoms with E-state index in [1.807, 2.05) is 6.20 Å². The van der Waals surface area contributed by atoms with Crippen molar-refractivity contribution in [1.29, 1.82) is 0 Å². The van der Waals surface area contributed by atoms with Crippen LogP contribution in [0.3, 0.4) is 0 Å². The molecule has 0 bridgehead atoms. The summed E-state index contributed by atoms with van der Waals surface area (Å²) in [5, 5.41) is 0. The van der Waals surface area contributed by atoms with E-state index in [0.717, 1.165) is 12.2 Å². The molecule has 0 unspecified atom stereocenters. The second-order valence-electron chi connectivity index (χ2n) is 4.27. The lowest BCUT2D eigenvalue weighted by atomic mass is 10.1.